The third-order valence-corrected chi connectivity index (χ3v) is 4.85. The summed E-state index contributed by atoms with van der Waals surface area (Å²) in [6.07, 6.45) is 0. The van der Waals surface area contributed by atoms with Crippen LogP contribution in [0, 0.1) is 0 Å². The molecule has 1 unspecified atom stereocenters. The summed E-state index contributed by atoms with van der Waals surface area (Å²) in [5.74, 6) is 2.09. The van der Waals surface area contributed by atoms with E-state index in [1.165, 1.54) is 0 Å². The van der Waals surface area contributed by atoms with Crippen LogP contribution in [0.3, 0.4) is 0 Å². The lowest BCUT2D eigenvalue weighted by Crippen LogP contribution is -2.47. The Kier molecular flexibility index (Phi) is 3.75. The second kappa shape index (κ2) is 5.14. The van der Waals surface area contributed by atoms with E-state index in [0.717, 1.165) is 18.2 Å². The first-order valence-electron chi connectivity index (χ1n) is 6.20. The van der Waals surface area contributed by atoms with Gasteiger partial charge in [-0.3, -0.25) is 0 Å². The summed E-state index contributed by atoms with van der Waals surface area (Å²) in [5.41, 5.74) is 0. The van der Waals surface area contributed by atoms with Crippen molar-refractivity contribution in [2.75, 3.05) is 34.8 Å². The van der Waals surface area contributed by atoms with Crippen LogP contribution in [-0.4, -0.2) is 44.0 Å². The summed E-state index contributed by atoms with van der Waals surface area (Å²) in [6, 6.07) is 5.76. The van der Waals surface area contributed by atoms with Gasteiger partial charge in [-0.2, -0.15) is 0 Å². The van der Waals surface area contributed by atoms with Crippen LogP contribution in [-0.2, 0) is 9.84 Å². The summed E-state index contributed by atoms with van der Waals surface area (Å²) in [6.45, 7) is 5.29. The van der Waals surface area contributed by atoms with Crippen LogP contribution in [0.2, 0.25) is 0 Å². The van der Waals surface area contributed by atoms with Crippen molar-refractivity contribution in [2.24, 2.45) is 0 Å². The molecule has 0 aliphatic carbocycles. The first-order chi connectivity index (χ1) is 8.52. The molecule has 1 aliphatic rings. The Hall–Kier alpha value is -1.30. The van der Waals surface area contributed by atoms with Gasteiger partial charge in [-0.25, -0.2) is 13.4 Å². The van der Waals surface area contributed by atoms with Crippen LogP contribution in [0.25, 0.3) is 0 Å². The van der Waals surface area contributed by atoms with Gasteiger partial charge in [0.05, 0.1) is 11.5 Å². The number of aromatic nitrogens is 1. The third kappa shape index (κ3) is 2.93. The molecule has 1 aromatic rings. The standard InChI is InChI=1S/C12H19N3O2S/c1-3-13-11-5-4-6-12(14-11)15-7-8-18(16,17)9-10(15)2/h4-6,10H,3,7-9H2,1-2H3,(H,13,14). The molecule has 0 amide bonds. The van der Waals surface area contributed by atoms with E-state index in [9.17, 15) is 8.42 Å². The second-order valence-corrected chi connectivity index (χ2v) is 6.80. The molecule has 2 rings (SSSR count). The fraction of sp³-hybridized carbons (Fsp3) is 0.583. The molecular weight excluding hydrogens is 250 g/mol. The average molecular weight is 269 g/mol. The Balaban J connectivity index is 2.19. The molecule has 0 aromatic carbocycles. The van der Waals surface area contributed by atoms with Gasteiger partial charge >= 0.3 is 0 Å². The Labute approximate surface area is 108 Å². The highest BCUT2D eigenvalue weighted by Gasteiger charge is 2.28. The first kappa shape index (κ1) is 13.1. The zero-order valence-corrected chi connectivity index (χ0v) is 11.6. The maximum absolute atomic E-state index is 11.5. The minimum absolute atomic E-state index is 0.0203. The van der Waals surface area contributed by atoms with Crippen LogP contribution < -0.4 is 10.2 Å². The molecule has 1 aromatic heterocycles. The fourth-order valence-corrected chi connectivity index (χ4v) is 3.76. The number of rotatable bonds is 3. The largest absolute Gasteiger partial charge is 0.370 e. The topological polar surface area (TPSA) is 62.3 Å². The minimum Gasteiger partial charge on any atom is -0.370 e. The fourth-order valence-electron chi connectivity index (χ4n) is 2.20. The molecule has 2 heterocycles. The normalized spacial score (nSPS) is 22.8. The minimum atomic E-state index is -2.88. The van der Waals surface area contributed by atoms with Gasteiger partial charge in [-0.1, -0.05) is 6.07 Å². The van der Waals surface area contributed by atoms with Gasteiger partial charge < -0.3 is 10.2 Å². The number of anilines is 2. The average Bonchev–Trinajstić information content (AvgIpc) is 2.28. The number of hydrogen-bond acceptors (Lipinski definition) is 5. The van der Waals surface area contributed by atoms with Crippen LogP contribution in [0.4, 0.5) is 11.6 Å². The second-order valence-electron chi connectivity index (χ2n) is 4.57. The number of hydrogen-bond donors (Lipinski definition) is 1. The van der Waals surface area contributed by atoms with E-state index in [1.54, 1.807) is 0 Å². The van der Waals surface area contributed by atoms with Crippen molar-refractivity contribution in [1.29, 1.82) is 0 Å². The molecule has 1 atom stereocenters. The van der Waals surface area contributed by atoms with Gasteiger partial charge in [0.15, 0.2) is 9.84 Å². The first-order valence-corrected chi connectivity index (χ1v) is 8.02. The Morgan fingerprint density at radius 1 is 1.50 bits per heavy atom. The molecule has 0 spiro atoms. The number of pyridine rings is 1. The molecule has 0 saturated carbocycles. The molecule has 1 fully saturated rings. The van der Waals surface area contributed by atoms with Crippen molar-refractivity contribution in [2.45, 2.75) is 19.9 Å². The van der Waals surface area contributed by atoms with Gasteiger partial charge in [0.2, 0.25) is 0 Å². The zero-order chi connectivity index (χ0) is 13.2. The van der Waals surface area contributed by atoms with Crippen LogP contribution in [0.15, 0.2) is 18.2 Å². The van der Waals surface area contributed by atoms with Gasteiger partial charge in [-0.15, -0.1) is 0 Å². The van der Waals surface area contributed by atoms with Crippen LogP contribution >= 0.6 is 0 Å². The maximum Gasteiger partial charge on any atom is 0.154 e. The summed E-state index contributed by atoms with van der Waals surface area (Å²) in [5, 5.41) is 3.16. The van der Waals surface area contributed by atoms with E-state index >= 15 is 0 Å². The Morgan fingerprint density at radius 2 is 2.28 bits per heavy atom. The zero-order valence-electron chi connectivity index (χ0n) is 10.8. The molecule has 0 radical (unpaired) electrons. The SMILES string of the molecule is CCNc1cccc(N2CCS(=O)(=O)CC2C)n1. The highest BCUT2D eigenvalue weighted by Crippen LogP contribution is 2.20. The van der Waals surface area contributed by atoms with E-state index in [1.807, 2.05) is 32.0 Å². The van der Waals surface area contributed by atoms with Crippen molar-refractivity contribution < 1.29 is 8.42 Å². The quantitative estimate of drug-likeness (QED) is 0.891. The van der Waals surface area contributed by atoms with Crippen molar-refractivity contribution in [1.82, 2.24) is 4.98 Å². The predicted octanol–water partition coefficient (Wildman–Crippen LogP) is 1.14. The van der Waals surface area contributed by atoms with Gasteiger partial charge in [0, 0.05) is 19.1 Å². The monoisotopic (exact) mass is 269 g/mol. The van der Waals surface area contributed by atoms with Gasteiger partial charge in [-0.05, 0) is 26.0 Å². The smallest absolute Gasteiger partial charge is 0.154 e. The highest BCUT2D eigenvalue weighted by molar-refractivity contribution is 7.91. The Morgan fingerprint density at radius 3 is 2.94 bits per heavy atom. The molecule has 18 heavy (non-hydrogen) atoms. The lowest BCUT2D eigenvalue weighted by Gasteiger charge is -2.34. The lowest BCUT2D eigenvalue weighted by molar-refractivity contribution is 0.567. The van der Waals surface area contributed by atoms with Gasteiger partial charge in [0.1, 0.15) is 11.6 Å². The molecular formula is C12H19N3O2S. The van der Waals surface area contributed by atoms with Crippen molar-refractivity contribution >= 4 is 21.5 Å². The van der Waals surface area contributed by atoms with E-state index in [4.69, 9.17) is 0 Å². The van der Waals surface area contributed by atoms with E-state index in [0.29, 0.717) is 6.54 Å². The summed E-state index contributed by atoms with van der Waals surface area (Å²) in [4.78, 5) is 6.56. The summed E-state index contributed by atoms with van der Waals surface area (Å²) < 4.78 is 23.1. The number of sulfone groups is 1. The highest BCUT2D eigenvalue weighted by atomic mass is 32.2. The summed E-state index contributed by atoms with van der Waals surface area (Å²) in [7, 11) is -2.88. The summed E-state index contributed by atoms with van der Waals surface area (Å²) >= 11 is 0. The van der Waals surface area contributed by atoms with E-state index in [2.05, 4.69) is 15.2 Å². The Bertz CT molecular complexity index is 516. The van der Waals surface area contributed by atoms with Gasteiger partial charge in [0.25, 0.3) is 0 Å². The third-order valence-electron chi connectivity index (χ3n) is 3.06. The number of nitrogens with zero attached hydrogens (tertiary/aromatic N) is 2. The molecule has 5 nitrogen and oxygen atoms in total. The van der Waals surface area contributed by atoms with Crippen LogP contribution in [0.1, 0.15) is 13.8 Å². The molecule has 1 aliphatic heterocycles. The molecule has 1 N–H and O–H groups in total. The van der Waals surface area contributed by atoms with E-state index in [-0.39, 0.29) is 17.5 Å². The lowest BCUT2D eigenvalue weighted by atomic mass is 10.3. The predicted molar refractivity (Wildman–Crippen MR) is 73.9 cm³/mol. The van der Waals surface area contributed by atoms with Crippen LogP contribution in [0.5, 0.6) is 0 Å². The maximum atomic E-state index is 11.5. The van der Waals surface area contributed by atoms with Crippen molar-refractivity contribution in [3.05, 3.63) is 18.2 Å². The molecule has 0 bridgehead atoms. The molecule has 100 valence electrons. The van der Waals surface area contributed by atoms with Crippen molar-refractivity contribution in [3.63, 3.8) is 0 Å². The van der Waals surface area contributed by atoms with E-state index < -0.39 is 9.84 Å². The molecule has 1 saturated heterocycles. The van der Waals surface area contributed by atoms with Crippen molar-refractivity contribution in [3.8, 4) is 0 Å². The number of nitrogens with one attached hydrogen (secondary N) is 1. The molecule has 6 heteroatoms.